The molecule has 108 valence electrons. The van der Waals surface area contributed by atoms with E-state index >= 15 is 0 Å². The van der Waals surface area contributed by atoms with Crippen LogP contribution in [0.15, 0.2) is 18.2 Å². The van der Waals surface area contributed by atoms with E-state index in [4.69, 9.17) is 11.6 Å². The van der Waals surface area contributed by atoms with Crippen LogP contribution < -0.4 is 10.6 Å². The fourth-order valence-corrected chi connectivity index (χ4v) is 2.06. The third kappa shape index (κ3) is 4.23. The first-order valence-electron chi connectivity index (χ1n) is 6.92. The second-order valence-corrected chi connectivity index (χ2v) is 5.46. The molecule has 0 heterocycles. The first-order chi connectivity index (χ1) is 9.60. The molecular weight excluding hydrogens is 276 g/mol. The molecule has 0 bridgehead atoms. The zero-order valence-electron chi connectivity index (χ0n) is 11.5. The minimum absolute atomic E-state index is 0.0172. The normalized spacial score (nSPS) is 13.9. The van der Waals surface area contributed by atoms with E-state index in [9.17, 15) is 9.59 Å². The van der Waals surface area contributed by atoms with Crippen molar-refractivity contribution < 1.29 is 9.59 Å². The quantitative estimate of drug-likeness (QED) is 0.846. The molecule has 4 nitrogen and oxygen atoms in total. The fraction of sp³-hybridized carbons (Fsp3) is 0.467. The molecule has 20 heavy (non-hydrogen) atoms. The van der Waals surface area contributed by atoms with Crippen molar-refractivity contribution in [2.45, 2.75) is 39.3 Å². The smallest absolute Gasteiger partial charge is 0.223 e. The molecule has 0 unspecified atom stereocenters. The van der Waals surface area contributed by atoms with Crippen LogP contribution in [0.2, 0.25) is 5.02 Å². The molecular formula is C15H19ClN2O2. The average Bonchev–Trinajstić information content (AvgIpc) is 3.28. The largest absolute Gasteiger partial charge is 0.352 e. The number of benzene rings is 1. The van der Waals surface area contributed by atoms with Crippen LogP contribution in [0.4, 0.5) is 0 Å². The van der Waals surface area contributed by atoms with E-state index in [2.05, 4.69) is 10.6 Å². The number of hydrogen-bond acceptors (Lipinski definition) is 2. The van der Waals surface area contributed by atoms with Gasteiger partial charge in [-0.2, -0.15) is 0 Å². The molecule has 1 aromatic carbocycles. The molecule has 2 N–H and O–H groups in total. The molecule has 5 heteroatoms. The minimum Gasteiger partial charge on any atom is -0.352 e. The summed E-state index contributed by atoms with van der Waals surface area (Å²) in [7, 11) is 0. The van der Waals surface area contributed by atoms with E-state index in [1.165, 1.54) is 0 Å². The summed E-state index contributed by atoms with van der Waals surface area (Å²) in [6, 6.07) is 5.60. The van der Waals surface area contributed by atoms with Crippen molar-refractivity contribution in [1.82, 2.24) is 10.6 Å². The van der Waals surface area contributed by atoms with E-state index in [1.54, 1.807) is 6.07 Å². The third-order valence-electron chi connectivity index (χ3n) is 3.32. The SMILES string of the molecule is CCC(=O)NCc1ccc(Cl)c(CNC(=O)C2CC2)c1. The number of carbonyl (C=O) groups is 2. The molecule has 1 aromatic rings. The highest BCUT2D eigenvalue weighted by atomic mass is 35.5. The Hall–Kier alpha value is -1.55. The van der Waals surface area contributed by atoms with E-state index in [0.29, 0.717) is 24.5 Å². The van der Waals surface area contributed by atoms with Gasteiger partial charge < -0.3 is 10.6 Å². The fourth-order valence-electron chi connectivity index (χ4n) is 1.87. The Bertz CT molecular complexity index is 513. The molecule has 0 radical (unpaired) electrons. The molecule has 2 amide bonds. The van der Waals surface area contributed by atoms with Gasteiger partial charge in [0.05, 0.1) is 0 Å². The van der Waals surface area contributed by atoms with E-state index in [-0.39, 0.29) is 17.7 Å². The Kier molecular flexibility index (Phi) is 5.01. The Morgan fingerprint density at radius 2 is 2.00 bits per heavy atom. The third-order valence-corrected chi connectivity index (χ3v) is 3.69. The number of amides is 2. The number of nitrogens with one attached hydrogen (secondary N) is 2. The summed E-state index contributed by atoms with van der Waals surface area (Å²) in [6.07, 6.45) is 2.45. The van der Waals surface area contributed by atoms with Gasteiger partial charge in [-0.1, -0.05) is 30.7 Å². The topological polar surface area (TPSA) is 58.2 Å². The summed E-state index contributed by atoms with van der Waals surface area (Å²) in [5.74, 6) is 0.315. The molecule has 2 rings (SSSR count). The highest BCUT2D eigenvalue weighted by Gasteiger charge is 2.29. The van der Waals surface area contributed by atoms with Crippen molar-refractivity contribution in [3.05, 3.63) is 34.3 Å². The lowest BCUT2D eigenvalue weighted by molar-refractivity contribution is -0.122. The Labute approximate surface area is 123 Å². The summed E-state index contributed by atoms with van der Waals surface area (Å²) in [6.45, 7) is 2.73. The van der Waals surface area contributed by atoms with Crippen LogP contribution in [0.25, 0.3) is 0 Å². The lowest BCUT2D eigenvalue weighted by Crippen LogP contribution is -2.24. The van der Waals surface area contributed by atoms with Crippen molar-refractivity contribution >= 4 is 23.4 Å². The molecule has 1 fully saturated rings. The van der Waals surface area contributed by atoms with Crippen LogP contribution in [0.5, 0.6) is 0 Å². The Morgan fingerprint density at radius 1 is 1.25 bits per heavy atom. The van der Waals surface area contributed by atoms with Gasteiger partial charge in [-0.15, -0.1) is 0 Å². The molecule has 0 atom stereocenters. The molecule has 1 saturated carbocycles. The highest BCUT2D eigenvalue weighted by molar-refractivity contribution is 6.31. The monoisotopic (exact) mass is 294 g/mol. The molecule has 0 aromatic heterocycles. The van der Waals surface area contributed by atoms with Crippen LogP contribution in [-0.4, -0.2) is 11.8 Å². The average molecular weight is 295 g/mol. The van der Waals surface area contributed by atoms with Crippen LogP contribution in [0, 0.1) is 5.92 Å². The minimum atomic E-state index is 0.0172. The Morgan fingerprint density at radius 3 is 2.65 bits per heavy atom. The lowest BCUT2D eigenvalue weighted by Gasteiger charge is -2.10. The van der Waals surface area contributed by atoms with Crippen LogP contribution in [-0.2, 0) is 22.7 Å². The van der Waals surface area contributed by atoms with Gasteiger partial charge in [-0.05, 0) is 30.0 Å². The zero-order valence-corrected chi connectivity index (χ0v) is 12.3. The molecule has 0 spiro atoms. The van der Waals surface area contributed by atoms with Gasteiger partial charge in [0.25, 0.3) is 0 Å². The van der Waals surface area contributed by atoms with Crippen LogP contribution >= 0.6 is 11.6 Å². The maximum atomic E-state index is 11.6. The van der Waals surface area contributed by atoms with Gasteiger partial charge >= 0.3 is 0 Å². The number of rotatable bonds is 6. The van der Waals surface area contributed by atoms with Gasteiger partial charge in [0, 0.05) is 30.5 Å². The van der Waals surface area contributed by atoms with Crippen molar-refractivity contribution in [2.75, 3.05) is 0 Å². The van der Waals surface area contributed by atoms with Crippen molar-refractivity contribution in [3.8, 4) is 0 Å². The summed E-state index contributed by atoms with van der Waals surface area (Å²) in [4.78, 5) is 22.9. The summed E-state index contributed by atoms with van der Waals surface area (Å²) in [5, 5.41) is 6.34. The predicted molar refractivity (Wildman–Crippen MR) is 78.2 cm³/mol. The van der Waals surface area contributed by atoms with Crippen molar-refractivity contribution in [1.29, 1.82) is 0 Å². The number of hydrogen-bond donors (Lipinski definition) is 2. The molecule has 0 aliphatic heterocycles. The molecule has 1 aliphatic rings. The Balaban J connectivity index is 1.93. The van der Waals surface area contributed by atoms with Gasteiger partial charge in [0.1, 0.15) is 0 Å². The van der Waals surface area contributed by atoms with Gasteiger partial charge in [-0.25, -0.2) is 0 Å². The van der Waals surface area contributed by atoms with Gasteiger partial charge in [-0.3, -0.25) is 9.59 Å². The molecule has 0 saturated heterocycles. The van der Waals surface area contributed by atoms with E-state index in [0.717, 1.165) is 24.0 Å². The summed E-state index contributed by atoms with van der Waals surface area (Å²) in [5.41, 5.74) is 1.86. The van der Waals surface area contributed by atoms with E-state index < -0.39 is 0 Å². The maximum Gasteiger partial charge on any atom is 0.223 e. The number of carbonyl (C=O) groups excluding carboxylic acids is 2. The zero-order chi connectivity index (χ0) is 14.5. The van der Waals surface area contributed by atoms with Crippen LogP contribution in [0.3, 0.4) is 0 Å². The van der Waals surface area contributed by atoms with Gasteiger partial charge in [0.15, 0.2) is 0 Å². The highest BCUT2D eigenvalue weighted by Crippen LogP contribution is 2.29. The second kappa shape index (κ2) is 6.75. The summed E-state index contributed by atoms with van der Waals surface area (Å²) < 4.78 is 0. The second-order valence-electron chi connectivity index (χ2n) is 5.05. The standard InChI is InChI=1S/C15H19ClN2O2/c1-2-14(19)17-8-10-3-6-13(16)12(7-10)9-18-15(20)11-4-5-11/h3,6-7,11H,2,4-5,8-9H2,1H3,(H,17,19)(H,18,20). The molecule has 1 aliphatic carbocycles. The first kappa shape index (κ1) is 14.9. The van der Waals surface area contributed by atoms with Crippen LogP contribution in [0.1, 0.15) is 37.3 Å². The maximum absolute atomic E-state index is 11.6. The van der Waals surface area contributed by atoms with Crippen molar-refractivity contribution in [2.24, 2.45) is 5.92 Å². The van der Waals surface area contributed by atoms with E-state index in [1.807, 2.05) is 19.1 Å². The van der Waals surface area contributed by atoms with Gasteiger partial charge in [0.2, 0.25) is 11.8 Å². The summed E-state index contributed by atoms with van der Waals surface area (Å²) >= 11 is 6.13. The number of halogens is 1. The lowest BCUT2D eigenvalue weighted by atomic mass is 10.1. The first-order valence-corrected chi connectivity index (χ1v) is 7.29. The predicted octanol–water partition coefficient (Wildman–Crippen LogP) is 2.39. The van der Waals surface area contributed by atoms with Crippen molar-refractivity contribution in [3.63, 3.8) is 0 Å².